The Balaban J connectivity index is 2.30. The van der Waals surface area contributed by atoms with Crippen LogP contribution >= 0.6 is 0 Å². The van der Waals surface area contributed by atoms with Crippen LogP contribution in [0.5, 0.6) is 0 Å². The van der Waals surface area contributed by atoms with Gasteiger partial charge >= 0.3 is 5.97 Å². The van der Waals surface area contributed by atoms with E-state index in [9.17, 15) is 29.3 Å². The van der Waals surface area contributed by atoms with E-state index < -0.39 is 40.7 Å². The van der Waals surface area contributed by atoms with E-state index in [0.717, 1.165) is 0 Å². The van der Waals surface area contributed by atoms with E-state index in [2.05, 4.69) is 10.6 Å². The van der Waals surface area contributed by atoms with Gasteiger partial charge in [0, 0.05) is 24.5 Å². The summed E-state index contributed by atoms with van der Waals surface area (Å²) >= 11 is 0. The fourth-order valence-corrected chi connectivity index (χ4v) is 3.11. The molecule has 0 radical (unpaired) electrons. The van der Waals surface area contributed by atoms with Crippen LogP contribution in [0.4, 0.5) is 5.69 Å². The smallest absolute Gasteiger partial charge is 0.306 e. The highest BCUT2D eigenvalue weighted by molar-refractivity contribution is 5.94. The zero-order valence-electron chi connectivity index (χ0n) is 15.8. The number of carbonyl (C=O) groups excluding carboxylic acids is 4. The van der Waals surface area contributed by atoms with Crippen molar-refractivity contribution in [2.45, 2.75) is 44.2 Å². The lowest BCUT2D eigenvalue weighted by Gasteiger charge is -2.26. The van der Waals surface area contributed by atoms with Crippen LogP contribution in [-0.2, 0) is 23.9 Å². The number of nitro groups is 1. The van der Waals surface area contributed by atoms with Crippen molar-refractivity contribution in [1.29, 1.82) is 0 Å². The Bertz CT molecular complexity index is 809. The van der Waals surface area contributed by atoms with Gasteiger partial charge in [0.15, 0.2) is 0 Å². The quantitative estimate of drug-likeness (QED) is 0.291. The number of hydrogen-bond donors (Lipinski definition) is 3. The first-order valence-corrected chi connectivity index (χ1v) is 9.02. The molecule has 1 heterocycles. The molecule has 1 saturated heterocycles. The summed E-state index contributed by atoms with van der Waals surface area (Å²) in [6.07, 6.45) is 0.181. The zero-order chi connectivity index (χ0) is 21.6. The van der Waals surface area contributed by atoms with Gasteiger partial charge in [-0.2, -0.15) is 0 Å². The molecular formula is C18H22N4O7. The molecule has 1 aliphatic rings. The first-order valence-electron chi connectivity index (χ1n) is 9.02. The third-order valence-corrected chi connectivity index (χ3v) is 4.54. The highest BCUT2D eigenvalue weighted by Gasteiger charge is 2.35. The fourth-order valence-electron chi connectivity index (χ4n) is 3.11. The number of rotatable bonds is 9. The largest absolute Gasteiger partial charge is 0.466 e. The van der Waals surface area contributed by atoms with E-state index in [0.29, 0.717) is 5.56 Å². The van der Waals surface area contributed by atoms with Crippen molar-refractivity contribution in [3.05, 3.63) is 39.9 Å². The van der Waals surface area contributed by atoms with Crippen molar-refractivity contribution in [2.24, 2.45) is 5.73 Å². The van der Waals surface area contributed by atoms with Crippen molar-refractivity contribution in [3.8, 4) is 0 Å². The zero-order valence-corrected chi connectivity index (χ0v) is 15.8. The van der Waals surface area contributed by atoms with Crippen LogP contribution in [-0.4, -0.2) is 47.3 Å². The molecule has 1 aromatic carbocycles. The van der Waals surface area contributed by atoms with Gasteiger partial charge in [0.1, 0.15) is 12.1 Å². The maximum atomic E-state index is 12.5. The van der Waals surface area contributed by atoms with Gasteiger partial charge in [0.25, 0.3) is 5.69 Å². The molecule has 29 heavy (non-hydrogen) atoms. The number of non-ortho nitro benzene ring substituents is 1. The molecule has 11 heteroatoms. The van der Waals surface area contributed by atoms with Crippen LogP contribution in [0.1, 0.15) is 37.7 Å². The number of hydrogen-bond acceptors (Lipinski definition) is 7. The Kier molecular flexibility index (Phi) is 7.23. The van der Waals surface area contributed by atoms with Crippen LogP contribution in [0.25, 0.3) is 0 Å². The molecule has 1 aliphatic heterocycles. The van der Waals surface area contributed by atoms with Gasteiger partial charge in [-0.3, -0.25) is 29.3 Å². The third-order valence-electron chi connectivity index (χ3n) is 4.54. The summed E-state index contributed by atoms with van der Waals surface area (Å²) < 4.78 is 4.94. The molecule has 0 aromatic heterocycles. The summed E-state index contributed by atoms with van der Waals surface area (Å²) in [5, 5.41) is 15.9. The third kappa shape index (κ3) is 5.74. The van der Waals surface area contributed by atoms with Crippen LogP contribution in [0.15, 0.2) is 24.3 Å². The SMILES string of the molecule is CCOC(=O)C[C@H](c1ccc([N+](=O)[O-])cc1)[C@@H](NC(=O)[C@@H]1CCC(=O)N1)C(N)=O. The Hall–Kier alpha value is -3.50. The predicted octanol–water partition coefficient (Wildman–Crippen LogP) is -0.120. The summed E-state index contributed by atoms with van der Waals surface area (Å²) in [4.78, 5) is 58.2. The van der Waals surface area contributed by atoms with Crippen molar-refractivity contribution < 1.29 is 28.8 Å². The van der Waals surface area contributed by atoms with Gasteiger partial charge in [-0.1, -0.05) is 12.1 Å². The molecule has 3 atom stereocenters. The average molecular weight is 406 g/mol. The van der Waals surface area contributed by atoms with Gasteiger partial charge in [-0.25, -0.2) is 0 Å². The summed E-state index contributed by atoms with van der Waals surface area (Å²) in [7, 11) is 0. The second kappa shape index (κ2) is 9.62. The van der Waals surface area contributed by atoms with E-state index in [1.807, 2.05) is 0 Å². The van der Waals surface area contributed by atoms with Gasteiger partial charge in [0.05, 0.1) is 18.0 Å². The van der Waals surface area contributed by atoms with E-state index in [-0.39, 0.29) is 37.5 Å². The summed E-state index contributed by atoms with van der Waals surface area (Å²) in [5.41, 5.74) is 5.70. The highest BCUT2D eigenvalue weighted by atomic mass is 16.6. The van der Waals surface area contributed by atoms with Crippen molar-refractivity contribution in [1.82, 2.24) is 10.6 Å². The number of carbonyl (C=O) groups is 4. The molecule has 0 spiro atoms. The minimum Gasteiger partial charge on any atom is -0.466 e. The number of nitrogens with one attached hydrogen (secondary N) is 2. The number of primary amides is 1. The molecule has 0 unspecified atom stereocenters. The van der Waals surface area contributed by atoms with E-state index >= 15 is 0 Å². The Morgan fingerprint density at radius 1 is 1.34 bits per heavy atom. The molecule has 3 amide bonds. The number of esters is 1. The van der Waals surface area contributed by atoms with Gasteiger partial charge < -0.3 is 21.1 Å². The second-order valence-electron chi connectivity index (χ2n) is 6.51. The first kappa shape index (κ1) is 21.8. The molecule has 0 bridgehead atoms. The van der Waals surface area contributed by atoms with E-state index in [4.69, 9.17) is 10.5 Å². The summed E-state index contributed by atoms with van der Waals surface area (Å²) in [5.74, 6) is -3.30. The average Bonchev–Trinajstić information content (AvgIpc) is 3.11. The molecule has 1 fully saturated rings. The highest BCUT2D eigenvalue weighted by Crippen LogP contribution is 2.27. The van der Waals surface area contributed by atoms with Crippen LogP contribution in [0.3, 0.4) is 0 Å². The number of nitro benzene ring substituents is 1. The Labute approximate surface area is 166 Å². The van der Waals surface area contributed by atoms with Gasteiger partial charge in [-0.05, 0) is 18.9 Å². The summed E-state index contributed by atoms with van der Waals surface area (Å²) in [6.45, 7) is 1.74. The van der Waals surface area contributed by atoms with Crippen LogP contribution < -0.4 is 16.4 Å². The van der Waals surface area contributed by atoms with Gasteiger partial charge in [0.2, 0.25) is 17.7 Å². The molecule has 1 aromatic rings. The lowest BCUT2D eigenvalue weighted by Crippen LogP contribution is -2.53. The number of nitrogens with zero attached hydrogens (tertiary/aromatic N) is 1. The minimum absolute atomic E-state index is 0.119. The van der Waals surface area contributed by atoms with Crippen molar-refractivity contribution >= 4 is 29.4 Å². The van der Waals surface area contributed by atoms with Gasteiger partial charge in [-0.15, -0.1) is 0 Å². The number of ether oxygens (including phenoxy) is 1. The van der Waals surface area contributed by atoms with E-state index in [1.54, 1.807) is 6.92 Å². The molecule has 11 nitrogen and oxygen atoms in total. The van der Waals surface area contributed by atoms with Crippen LogP contribution in [0.2, 0.25) is 0 Å². The maximum Gasteiger partial charge on any atom is 0.306 e. The molecule has 2 rings (SSSR count). The molecular weight excluding hydrogens is 384 g/mol. The fraction of sp³-hybridized carbons (Fsp3) is 0.444. The van der Waals surface area contributed by atoms with Crippen molar-refractivity contribution in [3.63, 3.8) is 0 Å². The molecule has 4 N–H and O–H groups in total. The standard InChI is InChI=1S/C18H22N4O7/c1-2-29-15(24)9-12(10-3-5-11(6-4-10)22(27)28)16(17(19)25)21-18(26)13-7-8-14(23)20-13/h3-6,12-13,16H,2,7-9H2,1H3,(H2,19,25)(H,20,23)(H,21,26)/t12-,13+,16-/m1/s1. The number of nitrogens with two attached hydrogens (primary N) is 1. The second-order valence-corrected chi connectivity index (χ2v) is 6.51. The number of benzene rings is 1. The predicted molar refractivity (Wildman–Crippen MR) is 99.4 cm³/mol. The maximum absolute atomic E-state index is 12.5. The lowest BCUT2D eigenvalue weighted by molar-refractivity contribution is -0.384. The minimum atomic E-state index is -1.29. The van der Waals surface area contributed by atoms with E-state index in [1.165, 1.54) is 24.3 Å². The Morgan fingerprint density at radius 2 is 2.00 bits per heavy atom. The molecule has 0 aliphatic carbocycles. The lowest BCUT2D eigenvalue weighted by atomic mass is 9.87. The monoisotopic (exact) mass is 406 g/mol. The molecule has 0 saturated carbocycles. The normalized spacial score (nSPS) is 17.7. The summed E-state index contributed by atoms with van der Waals surface area (Å²) in [6, 6.07) is 3.15. The van der Waals surface area contributed by atoms with Crippen molar-refractivity contribution in [2.75, 3.05) is 6.61 Å². The Morgan fingerprint density at radius 3 is 2.48 bits per heavy atom. The first-order chi connectivity index (χ1) is 13.7. The number of amides is 3. The molecule has 156 valence electrons. The topological polar surface area (TPSA) is 171 Å². The van der Waals surface area contributed by atoms with Crippen LogP contribution in [0, 0.1) is 10.1 Å².